The summed E-state index contributed by atoms with van der Waals surface area (Å²) in [5.41, 5.74) is 1.25. The SMILES string of the molecule is COc1ccc(NC(=O)CN2CCN(c3ccccc3F)CC2)cc1Cl. The standard InChI is InChI=1S/C19H21ClFN3O2/c1-26-18-7-6-14(12-15(18)20)22-19(25)13-23-8-10-24(11-9-23)17-5-3-2-4-16(17)21/h2-7,12H,8-11,13H2,1H3,(H,22,25). The van der Waals surface area contributed by atoms with Crippen LogP contribution in [0, 0.1) is 5.82 Å². The predicted octanol–water partition coefficient (Wildman–Crippen LogP) is 3.25. The highest BCUT2D eigenvalue weighted by Crippen LogP contribution is 2.27. The molecule has 0 bridgehead atoms. The lowest BCUT2D eigenvalue weighted by Gasteiger charge is -2.35. The Morgan fingerprint density at radius 2 is 1.92 bits per heavy atom. The van der Waals surface area contributed by atoms with Crippen LogP contribution in [0.1, 0.15) is 0 Å². The minimum Gasteiger partial charge on any atom is -0.495 e. The Labute approximate surface area is 157 Å². The second-order valence-corrected chi connectivity index (χ2v) is 6.52. The first-order valence-corrected chi connectivity index (χ1v) is 8.80. The summed E-state index contributed by atoms with van der Waals surface area (Å²) in [7, 11) is 1.54. The van der Waals surface area contributed by atoms with E-state index in [-0.39, 0.29) is 18.3 Å². The first-order valence-electron chi connectivity index (χ1n) is 8.42. The van der Waals surface area contributed by atoms with E-state index in [2.05, 4.69) is 10.2 Å². The van der Waals surface area contributed by atoms with E-state index in [1.54, 1.807) is 37.4 Å². The van der Waals surface area contributed by atoms with E-state index in [1.807, 2.05) is 11.0 Å². The molecule has 138 valence electrons. The second kappa shape index (κ2) is 8.38. The number of halogens is 2. The zero-order valence-corrected chi connectivity index (χ0v) is 15.3. The van der Waals surface area contributed by atoms with Crippen LogP contribution in [0.2, 0.25) is 5.02 Å². The molecule has 0 radical (unpaired) electrons. The zero-order chi connectivity index (χ0) is 18.5. The highest BCUT2D eigenvalue weighted by Gasteiger charge is 2.21. The summed E-state index contributed by atoms with van der Waals surface area (Å²) >= 11 is 6.07. The third-order valence-corrected chi connectivity index (χ3v) is 4.66. The number of benzene rings is 2. The summed E-state index contributed by atoms with van der Waals surface area (Å²) in [5.74, 6) is 0.245. The largest absolute Gasteiger partial charge is 0.495 e. The number of para-hydroxylation sites is 1. The molecule has 1 saturated heterocycles. The van der Waals surface area contributed by atoms with Crippen LogP contribution in [0.3, 0.4) is 0 Å². The molecule has 1 fully saturated rings. The molecule has 0 saturated carbocycles. The molecule has 0 aromatic heterocycles. The Kier molecular flexibility index (Phi) is 5.96. The molecule has 3 rings (SSSR count). The molecule has 2 aromatic rings. The number of ether oxygens (including phenoxy) is 1. The van der Waals surface area contributed by atoms with Crippen molar-refractivity contribution in [2.45, 2.75) is 0 Å². The van der Waals surface area contributed by atoms with Crippen molar-refractivity contribution in [1.29, 1.82) is 0 Å². The molecule has 1 aliphatic rings. The highest BCUT2D eigenvalue weighted by atomic mass is 35.5. The number of amides is 1. The van der Waals surface area contributed by atoms with Crippen molar-refractivity contribution in [3.05, 3.63) is 53.3 Å². The lowest BCUT2D eigenvalue weighted by Crippen LogP contribution is -2.48. The van der Waals surface area contributed by atoms with E-state index >= 15 is 0 Å². The van der Waals surface area contributed by atoms with Gasteiger partial charge in [-0.2, -0.15) is 0 Å². The van der Waals surface area contributed by atoms with Crippen LogP contribution in [0.5, 0.6) is 5.75 Å². The number of nitrogens with zero attached hydrogens (tertiary/aromatic N) is 2. The maximum Gasteiger partial charge on any atom is 0.238 e. The van der Waals surface area contributed by atoms with Gasteiger partial charge in [0.05, 0.1) is 24.4 Å². The smallest absolute Gasteiger partial charge is 0.238 e. The summed E-state index contributed by atoms with van der Waals surface area (Å²) in [5, 5.41) is 3.29. The van der Waals surface area contributed by atoms with Crippen LogP contribution >= 0.6 is 11.6 Å². The van der Waals surface area contributed by atoms with E-state index in [1.165, 1.54) is 6.07 Å². The molecule has 0 aliphatic carbocycles. The minimum absolute atomic E-state index is 0.106. The number of hydrogen-bond donors (Lipinski definition) is 1. The van der Waals surface area contributed by atoms with Crippen LogP contribution in [0.25, 0.3) is 0 Å². The maximum absolute atomic E-state index is 13.9. The normalized spacial score (nSPS) is 15.0. The van der Waals surface area contributed by atoms with Gasteiger partial charge in [0, 0.05) is 31.9 Å². The van der Waals surface area contributed by atoms with Crippen LogP contribution in [-0.4, -0.2) is 50.6 Å². The number of piperazine rings is 1. The number of nitrogens with one attached hydrogen (secondary N) is 1. The lowest BCUT2D eigenvalue weighted by molar-refractivity contribution is -0.117. The van der Waals surface area contributed by atoms with Crippen LogP contribution < -0.4 is 15.0 Å². The van der Waals surface area contributed by atoms with Crippen molar-refractivity contribution in [3.63, 3.8) is 0 Å². The van der Waals surface area contributed by atoms with Gasteiger partial charge in [0.25, 0.3) is 0 Å². The first-order chi connectivity index (χ1) is 12.6. The lowest BCUT2D eigenvalue weighted by atomic mass is 10.2. The Bertz CT molecular complexity index is 779. The predicted molar refractivity (Wildman–Crippen MR) is 102 cm³/mol. The van der Waals surface area contributed by atoms with Crippen molar-refractivity contribution >= 4 is 28.9 Å². The van der Waals surface area contributed by atoms with E-state index in [0.29, 0.717) is 48.3 Å². The Hall–Kier alpha value is -2.31. The Morgan fingerprint density at radius 3 is 2.58 bits per heavy atom. The average molecular weight is 378 g/mol. The Morgan fingerprint density at radius 1 is 1.19 bits per heavy atom. The van der Waals surface area contributed by atoms with E-state index in [0.717, 1.165) is 0 Å². The number of hydrogen-bond acceptors (Lipinski definition) is 4. The van der Waals surface area contributed by atoms with Crippen molar-refractivity contribution < 1.29 is 13.9 Å². The van der Waals surface area contributed by atoms with E-state index < -0.39 is 0 Å². The molecule has 1 aliphatic heterocycles. The van der Waals surface area contributed by atoms with Crippen molar-refractivity contribution in [3.8, 4) is 5.75 Å². The fraction of sp³-hybridized carbons (Fsp3) is 0.316. The zero-order valence-electron chi connectivity index (χ0n) is 14.5. The van der Waals surface area contributed by atoms with Gasteiger partial charge in [0.2, 0.25) is 5.91 Å². The summed E-state index contributed by atoms with van der Waals surface area (Å²) in [6.07, 6.45) is 0. The highest BCUT2D eigenvalue weighted by molar-refractivity contribution is 6.32. The number of anilines is 2. The molecular weight excluding hydrogens is 357 g/mol. The number of carbonyl (C=O) groups excluding carboxylic acids is 1. The van der Waals surface area contributed by atoms with Gasteiger partial charge in [-0.1, -0.05) is 23.7 Å². The number of rotatable bonds is 5. The molecule has 5 nitrogen and oxygen atoms in total. The third kappa shape index (κ3) is 4.45. The summed E-state index contributed by atoms with van der Waals surface area (Å²) in [6, 6.07) is 11.9. The molecule has 7 heteroatoms. The minimum atomic E-state index is -0.213. The van der Waals surface area contributed by atoms with Gasteiger partial charge < -0.3 is 15.0 Å². The van der Waals surface area contributed by atoms with Gasteiger partial charge in [0.15, 0.2) is 0 Å². The summed E-state index contributed by atoms with van der Waals surface area (Å²) in [4.78, 5) is 16.3. The van der Waals surface area contributed by atoms with Gasteiger partial charge in [0.1, 0.15) is 11.6 Å². The average Bonchev–Trinajstić information content (AvgIpc) is 2.63. The molecule has 0 atom stereocenters. The van der Waals surface area contributed by atoms with E-state index in [9.17, 15) is 9.18 Å². The number of methoxy groups -OCH3 is 1. The fourth-order valence-electron chi connectivity index (χ4n) is 3.00. The van der Waals surface area contributed by atoms with Crippen molar-refractivity contribution in [1.82, 2.24) is 4.90 Å². The second-order valence-electron chi connectivity index (χ2n) is 6.11. The van der Waals surface area contributed by atoms with Gasteiger partial charge >= 0.3 is 0 Å². The van der Waals surface area contributed by atoms with Crippen molar-refractivity contribution in [2.75, 3.05) is 50.1 Å². The first kappa shape index (κ1) is 18.5. The molecule has 1 amide bonds. The molecule has 26 heavy (non-hydrogen) atoms. The fourth-order valence-corrected chi connectivity index (χ4v) is 3.26. The van der Waals surface area contributed by atoms with Gasteiger partial charge in [-0.25, -0.2) is 4.39 Å². The Balaban J connectivity index is 1.50. The topological polar surface area (TPSA) is 44.8 Å². The molecule has 1 heterocycles. The molecule has 0 unspecified atom stereocenters. The van der Waals surface area contributed by atoms with Crippen LogP contribution in [0.15, 0.2) is 42.5 Å². The van der Waals surface area contributed by atoms with Crippen LogP contribution in [0.4, 0.5) is 15.8 Å². The van der Waals surface area contributed by atoms with E-state index in [4.69, 9.17) is 16.3 Å². The molecule has 1 N–H and O–H groups in total. The maximum atomic E-state index is 13.9. The van der Waals surface area contributed by atoms with Crippen molar-refractivity contribution in [2.24, 2.45) is 0 Å². The van der Waals surface area contributed by atoms with Gasteiger partial charge in [-0.3, -0.25) is 9.69 Å². The monoisotopic (exact) mass is 377 g/mol. The summed E-state index contributed by atoms with van der Waals surface area (Å²) < 4.78 is 19.0. The molecule has 0 spiro atoms. The number of carbonyl (C=O) groups is 1. The molecule has 2 aromatic carbocycles. The molecular formula is C19H21ClFN3O2. The van der Waals surface area contributed by atoms with Gasteiger partial charge in [-0.05, 0) is 30.3 Å². The summed E-state index contributed by atoms with van der Waals surface area (Å²) in [6.45, 7) is 3.05. The quantitative estimate of drug-likeness (QED) is 0.868. The third-order valence-electron chi connectivity index (χ3n) is 4.37. The van der Waals surface area contributed by atoms with Gasteiger partial charge in [-0.15, -0.1) is 0 Å². The van der Waals surface area contributed by atoms with Crippen LogP contribution in [-0.2, 0) is 4.79 Å².